The van der Waals surface area contributed by atoms with E-state index in [0.29, 0.717) is 23.7 Å². The van der Waals surface area contributed by atoms with E-state index in [1.807, 2.05) is 0 Å². The maximum atomic E-state index is 11.8. The van der Waals surface area contributed by atoms with Crippen LogP contribution in [0, 0.1) is 23.7 Å². The van der Waals surface area contributed by atoms with Gasteiger partial charge < -0.3 is 0 Å². The highest BCUT2D eigenvalue weighted by Gasteiger charge is 2.38. The van der Waals surface area contributed by atoms with Gasteiger partial charge >= 0.3 is 0 Å². The zero-order valence-corrected chi connectivity index (χ0v) is 13.6. The molecule has 0 saturated heterocycles. The van der Waals surface area contributed by atoms with E-state index in [1.54, 1.807) is 0 Å². The summed E-state index contributed by atoms with van der Waals surface area (Å²) in [7, 11) is 0. The molecule has 24 heavy (non-hydrogen) atoms. The van der Waals surface area contributed by atoms with Crippen molar-refractivity contribution in [2.75, 3.05) is 0 Å². The van der Waals surface area contributed by atoms with Crippen molar-refractivity contribution in [2.24, 2.45) is 33.9 Å². The van der Waals surface area contributed by atoms with Crippen LogP contribution >= 0.6 is 0 Å². The molecule has 4 aliphatic carbocycles. The molecule has 0 aromatic heterocycles. The van der Waals surface area contributed by atoms with Crippen LogP contribution in [-0.4, -0.2) is 23.2 Å². The van der Waals surface area contributed by atoms with Crippen LogP contribution in [0.1, 0.15) is 38.5 Å². The van der Waals surface area contributed by atoms with E-state index < -0.39 is 0 Å². The van der Waals surface area contributed by atoms with Crippen LogP contribution in [0.5, 0.6) is 0 Å². The first-order valence-corrected chi connectivity index (χ1v) is 8.74. The third kappa shape index (κ3) is 2.92. The van der Waals surface area contributed by atoms with Crippen molar-refractivity contribution in [2.45, 2.75) is 38.5 Å². The zero-order valence-electron chi connectivity index (χ0n) is 13.6. The lowest BCUT2D eigenvalue weighted by atomic mass is 9.74. The van der Waals surface area contributed by atoms with Gasteiger partial charge in [-0.2, -0.15) is 10.2 Å². The van der Waals surface area contributed by atoms with Crippen LogP contribution < -0.4 is 10.9 Å². The van der Waals surface area contributed by atoms with Crippen LogP contribution in [0.3, 0.4) is 0 Å². The van der Waals surface area contributed by atoms with Gasteiger partial charge in [-0.15, -0.1) is 0 Å². The number of nitrogens with one attached hydrogen (secondary N) is 2. The average Bonchev–Trinajstić information content (AvgIpc) is 3.09. The van der Waals surface area contributed by atoms with E-state index >= 15 is 0 Å². The highest BCUT2D eigenvalue weighted by atomic mass is 16.2. The molecule has 0 heterocycles. The Balaban J connectivity index is 1.15. The van der Waals surface area contributed by atoms with E-state index in [-0.39, 0.29) is 24.7 Å². The van der Waals surface area contributed by atoms with Gasteiger partial charge in [-0.25, -0.2) is 10.9 Å². The standard InChI is InChI=1S/C18H22N4O2/c23-17(21-19-15-9-11-3-1-5-13(11)15)7-8-18(24)22-20-16-10-12-4-2-6-14(12)16/h1-2,5-6,11-14H,3-4,7-10H2,(H,21,23)(H,22,24)/b19-15-,20-16-/t11-,12+,13+,14-. The Labute approximate surface area is 141 Å². The molecule has 0 aromatic rings. The summed E-state index contributed by atoms with van der Waals surface area (Å²) in [6, 6.07) is 0. The normalized spacial score (nSPS) is 35.3. The fourth-order valence-corrected chi connectivity index (χ4v) is 3.93. The molecule has 4 atom stereocenters. The van der Waals surface area contributed by atoms with Crippen molar-refractivity contribution in [3.8, 4) is 0 Å². The van der Waals surface area contributed by atoms with Crippen LogP contribution in [0.4, 0.5) is 0 Å². The molecule has 4 aliphatic rings. The van der Waals surface area contributed by atoms with Gasteiger partial charge in [-0.05, 0) is 37.5 Å². The van der Waals surface area contributed by atoms with E-state index in [9.17, 15) is 9.59 Å². The number of carbonyl (C=O) groups is 2. The number of hydrogen-bond donors (Lipinski definition) is 2. The lowest BCUT2D eigenvalue weighted by Gasteiger charge is -2.31. The van der Waals surface area contributed by atoms with Crippen molar-refractivity contribution in [1.29, 1.82) is 0 Å². The molecular formula is C18H22N4O2. The van der Waals surface area contributed by atoms with E-state index in [0.717, 1.165) is 37.1 Å². The largest absolute Gasteiger partial charge is 0.273 e. The van der Waals surface area contributed by atoms with Crippen LogP contribution in [-0.2, 0) is 9.59 Å². The van der Waals surface area contributed by atoms with Gasteiger partial charge in [0.2, 0.25) is 11.8 Å². The number of hydrogen-bond acceptors (Lipinski definition) is 4. The Bertz CT molecular complexity index is 619. The minimum absolute atomic E-state index is 0.128. The molecule has 0 unspecified atom stereocenters. The summed E-state index contributed by atoms with van der Waals surface area (Å²) in [5.74, 6) is 1.76. The molecule has 2 N–H and O–H groups in total. The number of amides is 2. The van der Waals surface area contributed by atoms with E-state index in [1.165, 1.54) is 0 Å². The monoisotopic (exact) mass is 326 g/mol. The topological polar surface area (TPSA) is 82.9 Å². The highest BCUT2D eigenvalue weighted by Crippen LogP contribution is 2.40. The summed E-state index contributed by atoms with van der Waals surface area (Å²) in [6.07, 6.45) is 13.1. The summed E-state index contributed by atoms with van der Waals surface area (Å²) in [6.45, 7) is 0. The SMILES string of the molecule is O=C(CCC(=O)N/N=C1/C[C@@H]2CC=C[C@@H]12)N/N=C1/C[C@H]2CC=C[C@H]12. The van der Waals surface area contributed by atoms with Crippen molar-refractivity contribution in [1.82, 2.24) is 10.9 Å². The number of carbonyl (C=O) groups excluding carboxylic acids is 2. The summed E-state index contributed by atoms with van der Waals surface area (Å²) >= 11 is 0. The number of rotatable bonds is 5. The summed E-state index contributed by atoms with van der Waals surface area (Å²) in [4.78, 5) is 23.6. The first kappa shape index (κ1) is 15.3. The molecule has 2 amide bonds. The lowest BCUT2D eigenvalue weighted by Crippen LogP contribution is -2.36. The summed E-state index contributed by atoms with van der Waals surface area (Å²) < 4.78 is 0. The Hall–Kier alpha value is -2.24. The van der Waals surface area contributed by atoms with Crippen molar-refractivity contribution in [3.63, 3.8) is 0 Å². The molecule has 2 saturated carbocycles. The molecule has 6 heteroatoms. The first-order valence-electron chi connectivity index (χ1n) is 8.74. The molecular weight excluding hydrogens is 304 g/mol. The summed E-state index contributed by atoms with van der Waals surface area (Å²) in [5.41, 5.74) is 7.21. The molecule has 6 nitrogen and oxygen atoms in total. The predicted molar refractivity (Wildman–Crippen MR) is 91.1 cm³/mol. The average molecular weight is 326 g/mol. The zero-order chi connectivity index (χ0) is 16.5. The van der Waals surface area contributed by atoms with Gasteiger partial charge in [0, 0.05) is 36.1 Å². The Morgan fingerprint density at radius 2 is 1.33 bits per heavy atom. The van der Waals surface area contributed by atoms with Crippen molar-refractivity contribution >= 4 is 23.2 Å². The van der Waals surface area contributed by atoms with Crippen molar-refractivity contribution in [3.05, 3.63) is 24.3 Å². The fraction of sp³-hybridized carbons (Fsp3) is 0.556. The van der Waals surface area contributed by atoms with Gasteiger partial charge in [0.05, 0.1) is 0 Å². The van der Waals surface area contributed by atoms with Crippen LogP contribution in [0.25, 0.3) is 0 Å². The maximum Gasteiger partial charge on any atom is 0.240 e. The second-order valence-electron chi connectivity index (χ2n) is 7.08. The number of fused-ring (bicyclic) bond motifs is 2. The Morgan fingerprint density at radius 1 is 0.875 bits per heavy atom. The Kier molecular flexibility index (Phi) is 4.04. The Morgan fingerprint density at radius 3 is 1.75 bits per heavy atom. The molecule has 0 bridgehead atoms. The second-order valence-corrected chi connectivity index (χ2v) is 7.08. The molecule has 0 spiro atoms. The lowest BCUT2D eigenvalue weighted by molar-refractivity contribution is -0.126. The fourth-order valence-electron chi connectivity index (χ4n) is 3.93. The first-order chi connectivity index (χ1) is 11.7. The van der Waals surface area contributed by atoms with Gasteiger partial charge in [-0.1, -0.05) is 24.3 Å². The smallest absolute Gasteiger partial charge is 0.240 e. The minimum Gasteiger partial charge on any atom is -0.273 e. The van der Waals surface area contributed by atoms with E-state index in [2.05, 4.69) is 45.4 Å². The molecule has 2 fully saturated rings. The van der Waals surface area contributed by atoms with Crippen molar-refractivity contribution < 1.29 is 9.59 Å². The second kappa shape index (κ2) is 6.34. The molecule has 0 aliphatic heterocycles. The number of nitrogens with zero attached hydrogens (tertiary/aromatic N) is 2. The third-order valence-electron chi connectivity index (χ3n) is 5.52. The molecule has 0 radical (unpaired) electrons. The van der Waals surface area contributed by atoms with E-state index in [4.69, 9.17) is 0 Å². The van der Waals surface area contributed by atoms with Crippen LogP contribution in [0.2, 0.25) is 0 Å². The van der Waals surface area contributed by atoms with Gasteiger partial charge in [0.1, 0.15) is 0 Å². The number of hydrazone groups is 2. The van der Waals surface area contributed by atoms with Crippen LogP contribution in [0.15, 0.2) is 34.5 Å². The maximum absolute atomic E-state index is 11.8. The highest BCUT2D eigenvalue weighted by molar-refractivity contribution is 5.96. The molecule has 0 aromatic carbocycles. The number of allylic oxidation sites excluding steroid dienone is 4. The summed E-state index contributed by atoms with van der Waals surface area (Å²) in [5, 5.41) is 8.36. The molecule has 126 valence electrons. The minimum atomic E-state index is -0.224. The molecule has 4 rings (SSSR count). The quantitative estimate of drug-likeness (QED) is 0.597. The van der Waals surface area contributed by atoms with Gasteiger partial charge in [-0.3, -0.25) is 9.59 Å². The van der Waals surface area contributed by atoms with Gasteiger partial charge in [0.25, 0.3) is 0 Å². The third-order valence-corrected chi connectivity index (χ3v) is 5.52. The predicted octanol–water partition coefficient (Wildman–Crippen LogP) is 1.90. The van der Waals surface area contributed by atoms with Gasteiger partial charge in [0.15, 0.2) is 0 Å².